The molecule has 0 unspecified atom stereocenters. The molecule has 5 rings (SSSR count). The number of ether oxygens (including phenoxy) is 1. The molecule has 37 heavy (non-hydrogen) atoms. The molecule has 0 spiro atoms. The fraction of sp³-hybridized carbons (Fsp3) is 0.125. The van der Waals surface area contributed by atoms with E-state index in [0.717, 1.165) is 12.1 Å². The quantitative estimate of drug-likeness (QED) is 0.275. The Bertz CT molecular complexity index is 1700. The summed E-state index contributed by atoms with van der Waals surface area (Å²) in [5.74, 6) is -3.42. The number of aryl methyl sites for hydroxylation is 2. The van der Waals surface area contributed by atoms with Crippen LogP contribution in [-0.4, -0.2) is 36.8 Å². The number of pyridine rings is 1. The van der Waals surface area contributed by atoms with E-state index >= 15 is 0 Å². The number of H-pyrrole nitrogens is 2. The number of carboxylic acids is 1. The second-order valence-corrected chi connectivity index (χ2v) is 7.87. The first kappa shape index (κ1) is 25.4. The summed E-state index contributed by atoms with van der Waals surface area (Å²) in [5.41, 5.74) is 2.84. The molecule has 0 aliphatic rings. The number of aromatic amines is 2. The van der Waals surface area contributed by atoms with Crippen molar-refractivity contribution >= 4 is 27.9 Å². The molecule has 0 fully saturated rings. The van der Waals surface area contributed by atoms with E-state index in [1.807, 2.05) is 12.1 Å². The normalized spacial score (nSPS) is 11.4. The molecule has 0 bridgehead atoms. The van der Waals surface area contributed by atoms with Gasteiger partial charge in [0.1, 0.15) is 22.7 Å². The Morgan fingerprint density at radius 2 is 1.81 bits per heavy atom. The summed E-state index contributed by atoms with van der Waals surface area (Å²) in [6, 6.07) is 8.60. The van der Waals surface area contributed by atoms with Crippen LogP contribution in [0.15, 0.2) is 53.6 Å². The molecule has 3 N–H and O–H groups in total. The van der Waals surface area contributed by atoms with Crippen LogP contribution in [0.5, 0.6) is 11.5 Å². The third-order valence-electron chi connectivity index (χ3n) is 5.26. The molecule has 0 saturated carbocycles. The molecular formula is C24H17F5N4O4. The van der Waals surface area contributed by atoms with Gasteiger partial charge in [-0.2, -0.15) is 13.2 Å². The number of halogens is 5. The Morgan fingerprint density at radius 1 is 1.11 bits per heavy atom. The summed E-state index contributed by atoms with van der Waals surface area (Å²) in [5, 5.41) is 7.83. The van der Waals surface area contributed by atoms with Gasteiger partial charge in [0.2, 0.25) is 0 Å². The zero-order chi connectivity index (χ0) is 27.1. The number of benzene rings is 2. The van der Waals surface area contributed by atoms with Crippen LogP contribution in [0, 0.1) is 18.6 Å². The van der Waals surface area contributed by atoms with E-state index in [1.54, 1.807) is 32.4 Å². The minimum absolute atomic E-state index is 0.124. The molecule has 0 radical (unpaired) electrons. The first-order valence-electron chi connectivity index (χ1n) is 10.5. The standard InChI is InChI=1S/C22H16F2N4O2.C2HF3O2/c1-11-26-17-5-4-14(15-10-28(2)22(29)19-13(15)7-8-25-19)21(20(17)27-11)30-18-6-3-12(23)9-16(18)24;3-2(4,5)1(6)7/h3-10,25H,1-2H3,(H,26,27);(H,6,7). The van der Waals surface area contributed by atoms with Crippen LogP contribution in [-0.2, 0) is 11.8 Å². The van der Waals surface area contributed by atoms with Crippen molar-refractivity contribution < 1.29 is 36.6 Å². The van der Waals surface area contributed by atoms with Crippen molar-refractivity contribution in [1.29, 1.82) is 0 Å². The van der Waals surface area contributed by atoms with Crippen molar-refractivity contribution in [2.75, 3.05) is 0 Å². The van der Waals surface area contributed by atoms with Crippen molar-refractivity contribution in [2.24, 2.45) is 7.05 Å². The van der Waals surface area contributed by atoms with Gasteiger partial charge in [-0.15, -0.1) is 0 Å². The number of fused-ring (bicyclic) bond motifs is 2. The van der Waals surface area contributed by atoms with Gasteiger partial charge in [-0.25, -0.2) is 18.6 Å². The molecule has 8 nitrogen and oxygen atoms in total. The number of aromatic nitrogens is 4. The minimum Gasteiger partial charge on any atom is -0.475 e. The lowest BCUT2D eigenvalue weighted by molar-refractivity contribution is -0.192. The number of alkyl halides is 3. The van der Waals surface area contributed by atoms with Gasteiger partial charge in [0, 0.05) is 42.0 Å². The van der Waals surface area contributed by atoms with Crippen LogP contribution < -0.4 is 10.3 Å². The summed E-state index contributed by atoms with van der Waals surface area (Å²) >= 11 is 0. The molecule has 0 atom stereocenters. The van der Waals surface area contributed by atoms with Gasteiger partial charge in [-0.3, -0.25) is 4.79 Å². The van der Waals surface area contributed by atoms with Crippen molar-refractivity contribution in [3.05, 3.63) is 76.6 Å². The maximum Gasteiger partial charge on any atom is 0.490 e. The molecule has 0 amide bonds. The highest BCUT2D eigenvalue weighted by Crippen LogP contribution is 2.41. The van der Waals surface area contributed by atoms with Crippen molar-refractivity contribution in [3.8, 4) is 22.6 Å². The monoisotopic (exact) mass is 520 g/mol. The predicted molar refractivity (Wildman–Crippen MR) is 123 cm³/mol. The Morgan fingerprint density at radius 3 is 2.46 bits per heavy atom. The molecular weight excluding hydrogens is 503 g/mol. The Labute approximate surface area is 204 Å². The van der Waals surface area contributed by atoms with Crippen LogP contribution >= 0.6 is 0 Å². The Balaban J connectivity index is 0.000000405. The molecule has 3 heterocycles. The predicted octanol–water partition coefficient (Wildman–Crippen LogP) is 5.42. The number of nitrogens with zero attached hydrogens (tertiary/aromatic N) is 2. The van der Waals surface area contributed by atoms with Crippen LogP contribution in [0.1, 0.15) is 5.82 Å². The first-order chi connectivity index (χ1) is 17.4. The second-order valence-electron chi connectivity index (χ2n) is 7.87. The highest BCUT2D eigenvalue weighted by molar-refractivity contribution is 6.00. The van der Waals surface area contributed by atoms with E-state index in [4.69, 9.17) is 14.6 Å². The Hall–Kier alpha value is -4.68. The average molecular weight is 520 g/mol. The van der Waals surface area contributed by atoms with E-state index in [2.05, 4.69) is 15.0 Å². The van der Waals surface area contributed by atoms with Gasteiger partial charge >= 0.3 is 12.1 Å². The molecule has 0 aliphatic heterocycles. The van der Waals surface area contributed by atoms with Crippen LogP contribution in [0.2, 0.25) is 0 Å². The van der Waals surface area contributed by atoms with Gasteiger partial charge < -0.3 is 24.4 Å². The van der Waals surface area contributed by atoms with Gasteiger partial charge in [-0.1, -0.05) is 0 Å². The van der Waals surface area contributed by atoms with Crippen LogP contribution in [0.4, 0.5) is 22.0 Å². The number of carbonyl (C=O) groups is 1. The number of rotatable bonds is 3. The smallest absolute Gasteiger partial charge is 0.475 e. The summed E-state index contributed by atoms with van der Waals surface area (Å²) in [6.07, 6.45) is -1.69. The van der Waals surface area contributed by atoms with E-state index < -0.39 is 23.8 Å². The zero-order valence-electron chi connectivity index (χ0n) is 19.1. The fourth-order valence-electron chi connectivity index (χ4n) is 3.64. The second kappa shape index (κ2) is 9.41. The van der Waals surface area contributed by atoms with Gasteiger partial charge in [-0.05, 0) is 37.3 Å². The third kappa shape index (κ3) is 5.01. The highest BCUT2D eigenvalue weighted by atomic mass is 19.4. The van der Waals surface area contributed by atoms with Gasteiger partial charge in [0.05, 0.1) is 5.52 Å². The number of nitrogens with one attached hydrogen (secondary N) is 2. The van der Waals surface area contributed by atoms with Gasteiger partial charge in [0.25, 0.3) is 5.56 Å². The van der Waals surface area contributed by atoms with Gasteiger partial charge in [0.15, 0.2) is 17.3 Å². The maximum absolute atomic E-state index is 14.4. The SMILES string of the molecule is Cc1nc2c(Oc3ccc(F)cc3F)c(-c3cn(C)c(=O)c4[nH]ccc34)ccc2[nH]1.O=C(O)C(F)(F)F. The molecule has 192 valence electrons. The number of carboxylic acid groups (broad SMARTS) is 1. The molecule has 0 aliphatic carbocycles. The molecule has 3 aromatic heterocycles. The summed E-state index contributed by atoms with van der Waals surface area (Å²) < 4.78 is 66.9. The number of aliphatic carboxylic acids is 1. The minimum atomic E-state index is -5.08. The number of hydrogen-bond donors (Lipinski definition) is 3. The van der Waals surface area contributed by atoms with Crippen molar-refractivity contribution in [2.45, 2.75) is 13.1 Å². The molecule has 5 aromatic rings. The molecule has 13 heteroatoms. The summed E-state index contributed by atoms with van der Waals surface area (Å²) in [6.45, 7) is 1.80. The van der Waals surface area contributed by atoms with E-state index in [0.29, 0.717) is 44.6 Å². The summed E-state index contributed by atoms with van der Waals surface area (Å²) in [7, 11) is 1.66. The largest absolute Gasteiger partial charge is 0.490 e. The van der Waals surface area contributed by atoms with Crippen molar-refractivity contribution in [3.63, 3.8) is 0 Å². The number of imidazole rings is 1. The lowest BCUT2D eigenvalue weighted by atomic mass is 10.0. The van der Waals surface area contributed by atoms with Crippen LogP contribution in [0.25, 0.3) is 33.1 Å². The van der Waals surface area contributed by atoms with Crippen molar-refractivity contribution in [1.82, 2.24) is 19.5 Å². The van der Waals surface area contributed by atoms with E-state index in [1.165, 1.54) is 10.6 Å². The maximum atomic E-state index is 14.4. The molecule has 2 aromatic carbocycles. The zero-order valence-corrected chi connectivity index (χ0v) is 19.1. The van der Waals surface area contributed by atoms with E-state index in [9.17, 15) is 26.7 Å². The number of hydrogen-bond acceptors (Lipinski definition) is 4. The first-order valence-corrected chi connectivity index (χ1v) is 10.5. The topological polar surface area (TPSA) is 113 Å². The molecule has 0 saturated heterocycles. The van der Waals surface area contributed by atoms with E-state index in [-0.39, 0.29) is 11.3 Å². The third-order valence-corrected chi connectivity index (χ3v) is 5.26. The van der Waals surface area contributed by atoms with Crippen LogP contribution in [0.3, 0.4) is 0 Å². The fourth-order valence-corrected chi connectivity index (χ4v) is 3.64. The highest BCUT2D eigenvalue weighted by Gasteiger charge is 2.38. The lowest BCUT2D eigenvalue weighted by Crippen LogP contribution is -2.21. The Kier molecular flexibility index (Phi) is 6.46. The lowest BCUT2D eigenvalue weighted by Gasteiger charge is -2.14. The summed E-state index contributed by atoms with van der Waals surface area (Å²) in [4.78, 5) is 31.9. The average Bonchev–Trinajstić information content (AvgIpc) is 3.45.